The van der Waals surface area contributed by atoms with Crippen LogP contribution in [0.25, 0.3) is 0 Å². The van der Waals surface area contributed by atoms with Gasteiger partial charge in [0.25, 0.3) is 0 Å². The quantitative estimate of drug-likeness (QED) is 0.836. The van der Waals surface area contributed by atoms with Crippen LogP contribution in [-0.2, 0) is 4.79 Å². The van der Waals surface area contributed by atoms with Crippen LogP contribution in [-0.4, -0.2) is 23.7 Å². The van der Waals surface area contributed by atoms with Crippen molar-refractivity contribution in [1.82, 2.24) is 5.32 Å². The Balaban J connectivity index is 1.86. The second-order valence-corrected chi connectivity index (χ2v) is 5.84. The van der Waals surface area contributed by atoms with Crippen LogP contribution in [0.15, 0.2) is 30.3 Å². The molecule has 0 saturated heterocycles. The van der Waals surface area contributed by atoms with E-state index in [2.05, 4.69) is 12.2 Å². The van der Waals surface area contributed by atoms with E-state index in [-0.39, 0.29) is 0 Å². The fourth-order valence-corrected chi connectivity index (χ4v) is 3.09. The third-order valence-corrected chi connectivity index (χ3v) is 4.53. The topological polar surface area (TPSA) is 49.3 Å². The van der Waals surface area contributed by atoms with E-state index in [1.807, 2.05) is 30.3 Å². The van der Waals surface area contributed by atoms with Crippen LogP contribution >= 0.6 is 0 Å². The third-order valence-electron chi connectivity index (χ3n) is 4.53. The van der Waals surface area contributed by atoms with Crippen molar-refractivity contribution in [2.75, 3.05) is 6.54 Å². The lowest BCUT2D eigenvalue weighted by molar-refractivity contribution is -0.138. The van der Waals surface area contributed by atoms with Crippen LogP contribution in [0.1, 0.15) is 50.5 Å². The minimum absolute atomic E-state index is 0.444. The van der Waals surface area contributed by atoms with Crippen molar-refractivity contribution in [3.8, 4) is 0 Å². The maximum absolute atomic E-state index is 11.4. The number of nitrogens with one attached hydrogen (secondary N) is 1. The number of hydrogen-bond acceptors (Lipinski definition) is 2. The molecule has 1 aliphatic rings. The molecule has 0 aromatic heterocycles. The predicted octanol–water partition coefficient (Wildman–Crippen LogP) is 3.41. The smallest absolute Gasteiger partial charge is 0.312 e. The summed E-state index contributed by atoms with van der Waals surface area (Å²) in [4.78, 5) is 11.4. The van der Waals surface area contributed by atoms with Gasteiger partial charge in [-0.1, -0.05) is 43.7 Å². The minimum Gasteiger partial charge on any atom is -0.481 e. The maximum atomic E-state index is 11.4. The molecule has 3 heteroatoms. The van der Waals surface area contributed by atoms with Crippen LogP contribution in [0.4, 0.5) is 0 Å². The summed E-state index contributed by atoms with van der Waals surface area (Å²) >= 11 is 0. The monoisotopic (exact) mass is 275 g/mol. The van der Waals surface area contributed by atoms with Crippen LogP contribution in [0.3, 0.4) is 0 Å². The predicted molar refractivity (Wildman–Crippen MR) is 80.9 cm³/mol. The molecule has 1 atom stereocenters. The van der Waals surface area contributed by atoms with Crippen LogP contribution in [0.2, 0.25) is 0 Å². The van der Waals surface area contributed by atoms with Gasteiger partial charge >= 0.3 is 5.97 Å². The van der Waals surface area contributed by atoms with Gasteiger partial charge < -0.3 is 10.4 Å². The van der Waals surface area contributed by atoms with Gasteiger partial charge in [0, 0.05) is 12.6 Å². The van der Waals surface area contributed by atoms with E-state index >= 15 is 0 Å². The molecule has 3 nitrogen and oxygen atoms in total. The second-order valence-electron chi connectivity index (χ2n) is 5.84. The van der Waals surface area contributed by atoms with Crippen molar-refractivity contribution in [2.45, 2.75) is 51.0 Å². The first kappa shape index (κ1) is 15.0. The molecule has 0 radical (unpaired) electrons. The standard InChI is InChI=1S/C17H25NO2/c1-2-13-8-10-15(11-9-13)18-12-16(17(19)20)14-6-4-3-5-7-14/h3-7,13,15-16,18H,2,8-12H2,1H3,(H,19,20). The summed E-state index contributed by atoms with van der Waals surface area (Å²) in [6.45, 7) is 2.79. The van der Waals surface area contributed by atoms with Crippen molar-refractivity contribution in [3.63, 3.8) is 0 Å². The molecular weight excluding hydrogens is 250 g/mol. The lowest BCUT2D eigenvalue weighted by Crippen LogP contribution is -2.37. The number of carbonyl (C=O) groups is 1. The highest BCUT2D eigenvalue weighted by Gasteiger charge is 2.23. The molecule has 2 rings (SSSR count). The van der Waals surface area contributed by atoms with Crippen molar-refractivity contribution in [2.24, 2.45) is 5.92 Å². The van der Waals surface area contributed by atoms with Gasteiger partial charge in [0.15, 0.2) is 0 Å². The van der Waals surface area contributed by atoms with Crippen molar-refractivity contribution in [1.29, 1.82) is 0 Å². The SMILES string of the molecule is CCC1CCC(NCC(C(=O)O)c2ccccc2)CC1. The van der Waals surface area contributed by atoms with E-state index in [4.69, 9.17) is 0 Å². The fourth-order valence-electron chi connectivity index (χ4n) is 3.09. The Morgan fingerprint density at radius 1 is 1.25 bits per heavy atom. The van der Waals surface area contributed by atoms with Gasteiger partial charge in [-0.15, -0.1) is 0 Å². The molecule has 0 bridgehead atoms. The molecular formula is C17H25NO2. The number of hydrogen-bond donors (Lipinski definition) is 2. The second kappa shape index (κ2) is 7.44. The van der Waals surface area contributed by atoms with Crippen molar-refractivity contribution >= 4 is 5.97 Å². The Labute approximate surface area is 121 Å². The Morgan fingerprint density at radius 2 is 1.90 bits per heavy atom. The molecule has 0 aliphatic heterocycles. The highest BCUT2D eigenvalue weighted by molar-refractivity contribution is 5.76. The summed E-state index contributed by atoms with van der Waals surface area (Å²) in [5.41, 5.74) is 0.884. The van der Waals surface area contributed by atoms with Gasteiger partial charge in [-0.2, -0.15) is 0 Å². The molecule has 1 aliphatic carbocycles. The van der Waals surface area contributed by atoms with Gasteiger partial charge in [0.1, 0.15) is 0 Å². The average molecular weight is 275 g/mol. The molecule has 0 spiro atoms. The number of benzene rings is 1. The van der Waals surface area contributed by atoms with Crippen molar-refractivity contribution in [3.05, 3.63) is 35.9 Å². The highest BCUT2D eigenvalue weighted by Crippen LogP contribution is 2.27. The Morgan fingerprint density at radius 3 is 2.45 bits per heavy atom. The van der Waals surface area contributed by atoms with Crippen LogP contribution < -0.4 is 5.32 Å². The molecule has 1 saturated carbocycles. The zero-order valence-corrected chi connectivity index (χ0v) is 12.2. The summed E-state index contributed by atoms with van der Waals surface area (Å²) in [5, 5.41) is 12.9. The first-order valence-corrected chi connectivity index (χ1v) is 7.71. The normalized spacial score (nSPS) is 24.2. The molecule has 1 aromatic rings. The number of aliphatic carboxylic acids is 1. The molecule has 0 amide bonds. The molecule has 1 fully saturated rings. The number of carboxylic acid groups (broad SMARTS) is 1. The molecule has 0 heterocycles. The molecule has 2 N–H and O–H groups in total. The highest BCUT2D eigenvalue weighted by atomic mass is 16.4. The van der Waals surface area contributed by atoms with Gasteiger partial charge in [0.2, 0.25) is 0 Å². The Bertz CT molecular complexity index is 410. The lowest BCUT2D eigenvalue weighted by atomic mass is 9.84. The van der Waals surface area contributed by atoms with E-state index in [0.717, 1.165) is 11.5 Å². The van der Waals surface area contributed by atoms with Crippen LogP contribution in [0, 0.1) is 5.92 Å². The van der Waals surface area contributed by atoms with E-state index in [1.165, 1.54) is 32.1 Å². The Kier molecular flexibility index (Phi) is 5.60. The van der Waals surface area contributed by atoms with E-state index in [9.17, 15) is 9.90 Å². The number of rotatable bonds is 6. The Hall–Kier alpha value is -1.35. The summed E-state index contributed by atoms with van der Waals surface area (Å²) in [6, 6.07) is 10.0. The first-order chi connectivity index (χ1) is 9.70. The van der Waals surface area contributed by atoms with Gasteiger partial charge in [0.05, 0.1) is 5.92 Å². The molecule has 1 aromatic carbocycles. The summed E-state index contributed by atoms with van der Waals surface area (Å²) in [7, 11) is 0. The molecule has 110 valence electrons. The van der Waals surface area contributed by atoms with E-state index in [0.29, 0.717) is 12.6 Å². The van der Waals surface area contributed by atoms with E-state index in [1.54, 1.807) is 0 Å². The van der Waals surface area contributed by atoms with Gasteiger partial charge in [-0.25, -0.2) is 0 Å². The summed E-state index contributed by atoms with van der Waals surface area (Å²) in [6.07, 6.45) is 6.18. The first-order valence-electron chi connectivity index (χ1n) is 7.71. The number of carboxylic acids is 1. The van der Waals surface area contributed by atoms with Gasteiger partial charge in [-0.3, -0.25) is 4.79 Å². The van der Waals surface area contributed by atoms with Gasteiger partial charge in [-0.05, 0) is 37.2 Å². The largest absolute Gasteiger partial charge is 0.481 e. The van der Waals surface area contributed by atoms with E-state index < -0.39 is 11.9 Å². The van der Waals surface area contributed by atoms with Crippen molar-refractivity contribution < 1.29 is 9.90 Å². The minimum atomic E-state index is -0.744. The fraction of sp³-hybridized carbons (Fsp3) is 0.588. The van der Waals surface area contributed by atoms with Crippen LogP contribution in [0.5, 0.6) is 0 Å². The summed E-state index contributed by atoms with van der Waals surface area (Å²) in [5.74, 6) is -0.316. The molecule has 20 heavy (non-hydrogen) atoms. The zero-order chi connectivity index (χ0) is 14.4. The third kappa shape index (κ3) is 4.07. The summed E-state index contributed by atoms with van der Waals surface area (Å²) < 4.78 is 0. The average Bonchev–Trinajstić information content (AvgIpc) is 2.49. The molecule has 1 unspecified atom stereocenters. The lowest BCUT2D eigenvalue weighted by Gasteiger charge is -2.29. The maximum Gasteiger partial charge on any atom is 0.312 e. The zero-order valence-electron chi connectivity index (χ0n) is 12.2.